The van der Waals surface area contributed by atoms with E-state index in [0.717, 1.165) is 15.8 Å². The van der Waals surface area contributed by atoms with Gasteiger partial charge in [-0.2, -0.15) is 5.10 Å². The van der Waals surface area contributed by atoms with Crippen molar-refractivity contribution >= 4 is 15.9 Å². The Morgan fingerprint density at radius 2 is 2.31 bits per heavy atom. The third-order valence-electron chi connectivity index (χ3n) is 2.14. The minimum absolute atomic E-state index is 0.352. The number of aromatic nitrogens is 3. The summed E-state index contributed by atoms with van der Waals surface area (Å²) in [6.45, 7) is 0.352. The number of aromatic amines is 1. The van der Waals surface area contributed by atoms with Gasteiger partial charge in [0.15, 0.2) is 5.82 Å². The minimum atomic E-state index is 0.352. The van der Waals surface area contributed by atoms with Crippen LogP contribution in [0.4, 0.5) is 0 Å². The molecule has 3 N–H and O–H groups in total. The molecule has 0 unspecified atom stereocenters. The molecular weight excluding hydrogens is 272 g/mol. The molecule has 2 rings (SSSR count). The van der Waals surface area contributed by atoms with Gasteiger partial charge in [-0.3, -0.25) is 5.10 Å². The standard InChI is InChI=1S/C10H11BrN4O/c1-16-8-3-2-6(4-7(8)11)10-13-9(5-12)14-15-10/h2-4H,5,12H2,1H3,(H,13,14,15). The molecule has 0 aliphatic heterocycles. The molecule has 2 aromatic rings. The Morgan fingerprint density at radius 3 is 2.88 bits per heavy atom. The maximum atomic E-state index is 5.45. The second-order valence-corrected chi connectivity index (χ2v) is 4.01. The van der Waals surface area contributed by atoms with Crippen molar-refractivity contribution in [1.82, 2.24) is 15.2 Å². The second kappa shape index (κ2) is 4.63. The number of hydrogen-bond acceptors (Lipinski definition) is 4. The summed E-state index contributed by atoms with van der Waals surface area (Å²) >= 11 is 3.41. The van der Waals surface area contributed by atoms with Gasteiger partial charge in [-0.1, -0.05) is 0 Å². The molecule has 0 bridgehead atoms. The minimum Gasteiger partial charge on any atom is -0.496 e. The first-order valence-electron chi connectivity index (χ1n) is 4.70. The molecule has 0 aliphatic rings. The van der Waals surface area contributed by atoms with E-state index in [2.05, 4.69) is 31.1 Å². The van der Waals surface area contributed by atoms with Gasteiger partial charge in [0.05, 0.1) is 18.1 Å². The molecule has 1 aromatic carbocycles. The molecule has 84 valence electrons. The molecule has 0 amide bonds. The van der Waals surface area contributed by atoms with E-state index in [4.69, 9.17) is 10.5 Å². The fraction of sp³-hybridized carbons (Fsp3) is 0.200. The monoisotopic (exact) mass is 282 g/mol. The van der Waals surface area contributed by atoms with Crippen LogP contribution in [0.25, 0.3) is 11.4 Å². The predicted molar refractivity (Wildman–Crippen MR) is 64.0 cm³/mol. The van der Waals surface area contributed by atoms with Gasteiger partial charge in [-0.25, -0.2) is 4.98 Å². The summed E-state index contributed by atoms with van der Waals surface area (Å²) in [4.78, 5) is 4.24. The zero-order valence-corrected chi connectivity index (χ0v) is 10.3. The molecule has 0 fully saturated rings. The van der Waals surface area contributed by atoms with Crippen LogP contribution in [0.1, 0.15) is 5.82 Å². The van der Waals surface area contributed by atoms with Crippen LogP contribution in [0.15, 0.2) is 22.7 Å². The maximum absolute atomic E-state index is 5.45. The van der Waals surface area contributed by atoms with Crippen molar-refractivity contribution in [3.8, 4) is 17.1 Å². The first-order chi connectivity index (χ1) is 7.74. The number of nitrogens with zero attached hydrogens (tertiary/aromatic N) is 2. The van der Waals surface area contributed by atoms with Gasteiger partial charge in [0.2, 0.25) is 0 Å². The van der Waals surface area contributed by atoms with Crippen LogP contribution >= 0.6 is 15.9 Å². The second-order valence-electron chi connectivity index (χ2n) is 3.16. The van der Waals surface area contributed by atoms with E-state index in [9.17, 15) is 0 Å². The smallest absolute Gasteiger partial charge is 0.181 e. The molecule has 0 radical (unpaired) electrons. The third kappa shape index (κ3) is 2.07. The molecule has 0 aliphatic carbocycles. The van der Waals surface area contributed by atoms with Crippen LogP contribution in [0.5, 0.6) is 5.75 Å². The first-order valence-corrected chi connectivity index (χ1v) is 5.49. The Labute approximate surface area is 101 Å². The van der Waals surface area contributed by atoms with Gasteiger partial charge >= 0.3 is 0 Å². The summed E-state index contributed by atoms with van der Waals surface area (Å²) in [5.74, 6) is 2.07. The lowest BCUT2D eigenvalue weighted by atomic mass is 10.2. The summed E-state index contributed by atoms with van der Waals surface area (Å²) in [7, 11) is 1.62. The van der Waals surface area contributed by atoms with Gasteiger partial charge in [-0.05, 0) is 34.1 Å². The number of hydrogen-bond donors (Lipinski definition) is 2. The van der Waals surface area contributed by atoms with E-state index in [1.54, 1.807) is 7.11 Å². The number of ether oxygens (including phenoxy) is 1. The molecule has 16 heavy (non-hydrogen) atoms. The molecule has 5 nitrogen and oxygen atoms in total. The fourth-order valence-corrected chi connectivity index (χ4v) is 1.86. The van der Waals surface area contributed by atoms with E-state index < -0.39 is 0 Å². The molecule has 0 atom stereocenters. The molecule has 0 spiro atoms. The number of nitrogens with one attached hydrogen (secondary N) is 1. The largest absolute Gasteiger partial charge is 0.496 e. The molecule has 1 aromatic heterocycles. The number of nitrogens with two attached hydrogens (primary N) is 1. The van der Waals surface area contributed by atoms with Crippen LogP contribution in [0.3, 0.4) is 0 Å². The average Bonchev–Trinajstić information content (AvgIpc) is 2.77. The number of H-pyrrole nitrogens is 1. The highest BCUT2D eigenvalue weighted by molar-refractivity contribution is 9.10. The average molecular weight is 283 g/mol. The van der Waals surface area contributed by atoms with Crippen LogP contribution in [-0.4, -0.2) is 22.3 Å². The van der Waals surface area contributed by atoms with Crippen LogP contribution in [0, 0.1) is 0 Å². The Kier molecular flexibility index (Phi) is 3.21. The number of rotatable bonds is 3. The quantitative estimate of drug-likeness (QED) is 0.898. The van der Waals surface area contributed by atoms with Crippen molar-refractivity contribution in [2.45, 2.75) is 6.54 Å². The van der Waals surface area contributed by atoms with Crippen LogP contribution in [-0.2, 0) is 6.54 Å². The highest BCUT2D eigenvalue weighted by atomic mass is 79.9. The van der Waals surface area contributed by atoms with Crippen molar-refractivity contribution in [3.05, 3.63) is 28.5 Å². The van der Waals surface area contributed by atoms with E-state index in [1.807, 2.05) is 18.2 Å². The number of benzene rings is 1. The highest BCUT2D eigenvalue weighted by Gasteiger charge is 2.07. The summed E-state index contributed by atoms with van der Waals surface area (Å²) in [6.07, 6.45) is 0. The lowest BCUT2D eigenvalue weighted by Crippen LogP contribution is -1.97. The van der Waals surface area contributed by atoms with Crippen molar-refractivity contribution in [2.24, 2.45) is 5.73 Å². The predicted octanol–water partition coefficient (Wildman–Crippen LogP) is 1.70. The van der Waals surface area contributed by atoms with E-state index in [-0.39, 0.29) is 0 Å². The zero-order valence-electron chi connectivity index (χ0n) is 8.70. The number of halogens is 1. The Balaban J connectivity index is 2.37. The van der Waals surface area contributed by atoms with Crippen molar-refractivity contribution in [2.75, 3.05) is 7.11 Å². The van der Waals surface area contributed by atoms with Crippen LogP contribution < -0.4 is 10.5 Å². The maximum Gasteiger partial charge on any atom is 0.181 e. The van der Waals surface area contributed by atoms with E-state index >= 15 is 0 Å². The SMILES string of the molecule is COc1ccc(-c2n[nH]c(CN)n2)cc1Br. The van der Waals surface area contributed by atoms with Crippen molar-refractivity contribution in [3.63, 3.8) is 0 Å². The van der Waals surface area contributed by atoms with Gasteiger partial charge in [0.1, 0.15) is 11.6 Å². The van der Waals surface area contributed by atoms with Crippen molar-refractivity contribution in [1.29, 1.82) is 0 Å². The van der Waals surface area contributed by atoms with Gasteiger partial charge in [0.25, 0.3) is 0 Å². The molecule has 0 saturated heterocycles. The van der Waals surface area contributed by atoms with Gasteiger partial charge in [-0.15, -0.1) is 0 Å². The summed E-state index contributed by atoms with van der Waals surface area (Å²) in [6, 6.07) is 5.66. The Hall–Kier alpha value is -1.40. The summed E-state index contributed by atoms with van der Waals surface area (Å²) < 4.78 is 6.01. The molecule has 1 heterocycles. The fourth-order valence-electron chi connectivity index (χ4n) is 1.32. The molecular formula is C10H11BrN4O. The van der Waals surface area contributed by atoms with Crippen molar-refractivity contribution < 1.29 is 4.74 Å². The van der Waals surface area contributed by atoms with Crippen LogP contribution in [0.2, 0.25) is 0 Å². The lowest BCUT2D eigenvalue weighted by Gasteiger charge is -2.03. The third-order valence-corrected chi connectivity index (χ3v) is 2.75. The van der Waals surface area contributed by atoms with E-state index in [0.29, 0.717) is 18.2 Å². The Morgan fingerprint density at radius 1 is 1.50 bits per heavy atom. The number of methoxy groups -OCH3 is 1. The first kappa shape index (κ1) is 11.1. The normalized spacial score (nSPS) is 10.4. The van der Waals surface area contributed by atoms with Gasteiger partial charge in [0, 0.05) is 5.56 Å². The topological polar surface area (TPSA) is 76.8 Å². The highest BCUT2D eigenvalue weighted by Crippen LogP contribution is 2.28. The zero-order chi connectivity index (χ0) is 11.5. The molecule has 6 heteroatoms. The summed E-state index contributed by atoms with van der Waals surface area (Å²) in [5.41, 5.74) is 6.36. The van der Waals surface area contributed by atoms with E-state index in [1.165, 1.54) is 0 Å². The Bertz CT molecular complexity index is 497. The summed E-state index contributed by atoms with van der Waals surface area (Å²) in [5, 5.41) is 6.85. The van der Waals surface area contributed by atoms with Gasteiger partial charge < -0.3 is 10.5 Å². The lowest BCUT2D eigenvalue weighted by molar-refractivity contribution is 0.412. The molecule has 0 saturated carbocycles.